The Morgan fingerprint density at radius 1 is 0.393 bits per heavy atom. The Labute approximate surface area is 342 Å². The van der Waals surface area contributed by atoms with Gasteiger partial charge in [-0.15, -0.1) is 11.3 Å². The van der Waals surface area contributed by atoms with Gasteiger partial charge in [0.1, 0.15) is 11.2 Å². The van der Waals surface area contributed by atoms with E-state index in [-0.39, 0.29) is 50.5 Å². The highest BCUT2D eigenvalue weighted by atomic mass is 32.1. The van der Waals surface area contributed by atoms with Crippen LogP contribution >= 0.6 is 11.3 Å². The van der Waals surface area contributed by atoms with Crippen molar-refractivity contribution in [3.05, 3.63) is 188 Å². The number of rotatable bonds is 6. The lowest BCUT2D eigenvalue weighted by molar-refractivity contribution is 0.669. The molecule has 0 amide bonds. The smallest absolute Gasteiger partial charge is 0.165 e. The zero-order chi connectivity index (χ0) is 46.6. The van der Waals surface area contributed by atoms with Crippen LogP contribution in [0.25, 0.3) is 110 Å². The fourth-order valence-corrected chi connectivity index (χ4v) is 8.49. The molecular formula is C51H31N3OS. The van der Waals surface area contributed by atoms with Gasteiger partial charge in [-0.2, -0.15) is 0 Å². The van der Waals surface area contributed by atoms with Gasteiger partial charge in [-0.1, -0.05) is 164 Å². The van der Waals surface area contributed by atoms with E-state index in [9.17, 15) is 4.11 Å². The number of hydrogen-bond donors (Lipinski definition) is 0. The first kappa shape index (κ1) is 22.9. The fraction of sp³-hybridized carbons (Fsp3) is 0. The van der Waals surface area contributed by atoms with Gasteiger partial charge in [0.25, 0.3) is 0 Å². The van der Waals surface area contributed by atoms with E-state index in [0.717, 1.165) is 42.4 Å². The molecule has 0 saturated heterocycles. The molecule has 3 heterocycles. The van der Waals surface area contributed by atoms with Crippen LogP contribution in [-0.2, 0) is 0 Å². The number of hydrogen-bond acceptors (Lipinski definition) is 5. The summed E-state index contributed by atoms with van der Waals surface area (Å²) < 4.78 is 106. The number of fused-ring (bicyclic) bond motifs is 6. The average Bonchev–Trinajstić information content (AvgIpc) is 3.96. The lowest BCUT2D eigenvalue weighted by atomic mass is 9.99. The molecule has 262 valence electrons. The summed E-state index contributed by atoms with van der Waals surface area (Å²) in [4.78, 5) is 14.9. The minimum Gasteiger partial charge on any atom is -0.456 e. The summed E-state index contributed by atoms with van der Waals surface area (Å²) in [6, 6.07) is 33.1. The monoisotopic (exact) mass is 744 g/mol. The van der Waals surface area contributed by atoms with Crippen LogP contribution in [0.5, 0.6) is 0 Å². The van der Waals surface area contributed by atoms with Gasteiger partial charge < -0.3 is 4.42 Å². The third-order valence-electron chi connectivity index (χ3n) is 9.78. The van der Waals surface area contributed by atoms with E-state index in [0.29, 0.717) is 11.1 Å². The van der Waals surface area contributed by atoms with Gasteiger partial charge in [-0.05, 0) is 57.6 Å². The van der Waals surface area contributed by atoms with Gasteiger partial charge >= 0.3 is 0 Å². The molecule has 0 N–H and O–H groups in total. The molecule has 0 spiro atoms. The Morgan fingerprint density at radius 2 is 1.02 bits per heavy atom. The molecule has 0 unspecified atom stereocenters. The summed E-state index contributed by atoms with van der Waals surface area (Å²) in [7, 11) is 0. The molecule has 56 heavy (non-hydrogen) atoms. The van der Waals surface area contributed by atoms with Crippen LogP contribution in [0.2, 0.25) is 0 Å². The number of furan rings is 1. The van der Waals surface area contributed by atoms with Crippen LogP contribution in [0.4, 0.5) is 0 Å². The van der Waals surface area contributed by atoms with Gasteiger partial charge in [0.15, 0.2) is 17.5 Å². The average molecular weight is 745 g/mol. The molecule has 0 bridgehead atoms. The fourth-order valence-electron chi connectivity index (χ4n) is 7.14. The van der Waals surface area contributed by atoms with Crippen LogP contribution in [0.3, 0.4) is 0 Å². The molecule has 0 atom stereocenters. The molecule has 0 aliphatic rings. The first-order valence-corrected chi connectivity index (χ1v) is 18.6. The van der Waals surface area contributed by atoms with E-state index < -0.39 is 72.0 Å². The van der Waals surface area contributed by atoms with Gasteiger partial charge in [0.2, 0.25) is 0 Å². The largest absolute Gasteiger partial charge is 0.456 e. The van der Waals surface area contributed by atoms with E-state index in [1.807, 2.05) is 97.1 Å². The summed E-state index contributed by atoms with van der Waals surface area (Å²) in [5, 5.41) is 1.63. The predicted molar refractivity (Wildman–Crippen MR) is 233 cm³/mol. The van der Waals surface area contributed by atoms with Crippen LogP contribution in [0.15, 0.2) is 192 Å². The third-order valence-corrected chi connectivity index (χ3v) is 11.1. The van der Waals surface area contributed by atoms with Crippen molar-refractivity contribution in [2.45, 2.75) is 0 Å². The molecular weight excluding hydrogens is 703 g/mol. The van der Waals surface area contributed by atoms with Crippen LogP contribution < -0.4 is 0 Å². The maximum atomic E-state index is 9.65. The Balaban J connectivity index is 1.18. The molecule has 3 aromatic heterocycles. The highest BCUT2D eigenvalue weighted by molar-refractivity contribution is 7.26. The van der Waals surface area contributed by atoms with Crippen molar-refractivity contribution in [1.29, 1.82) is 0 Å². The molecule has 0 aliphatic carbocycles. The van der Waals surface area contributed by atoms with Crippen molar-refractivity contribution >= 4 is 53.4 Å². The number of aromatic nitrogens is 3. The molecule has 0 saturated carbocycles. The zero-order valence-corrected chi connectivity index (χ0v) is 30.0. The lowest BCUT2D eigenvalue weighted by Crippen LogP contribution is -2.00. The maximum absolute atomic E-state index is 9.65. The van der Waals surface area contributed by atoms with Crippen molar-refractivity contribution in [3.8, 4) is 67.5 Å². The summed E-state index contributed by atoms with van der Waals surface area (Å²) >= 11 is 1.60. The second kappa shape index (κ2) is 13.3. The first-order chi connectivity index (χ1) is 32.3. The molecule has 0 radical (unpaired) electrons. The zero-order valence-electron chi connectivity index (χ0n) is 40.2. The SMILES string of the molecule is [2H]c1c([2H])c([2H])c(-c2c([2H])c([2H])c([2H])c3oc4c([2H])c(-c5nc(-c6ccc(-c7ccccc7)cc6)nc(-c6cccc7c6sc6c(-c8ccccc8)cccc67)n5)c([2H])c([2H])c4c23)c([2H])c1[2H]. The molecule has 0 fully saturated rings. The van der Waals surface area contributed by atoms with E-state index in [1.165, 1.54) is 0 Å². The van der Waals surface area contributed by atoms with Crippen LogP contribution in [-0.4, -0.2) is 15.0 Å². The van der Waals surface area contributed by atoms with Gasteiger partial charge in [0, 0.05) is 47.6 Å². The molecule has 11 aromatic rings. The normalized spacial score (nSPS) is 14.3. The lowest BCUT2D eigenvalue weighted by Gasteiger charge is -2.10. The Kier molecular flexibility index (Phi) is 5.42. The van der Waals surface area contributed by atoms with Crippen molar-refractivity contribution in [1.82, 2.24) is 15.0 Å². The highest BCUT2D eigenvalue weighted by Crippen LogP contribution is 2.44. The Bertz CT molecular complexity index is 3850. The van der Waals surface area contributed by atoms with Crippen molar-refractivity contribution in [2.75, 3.05) is 0 Å². The van der Waals surface area contributed by atoms with Crippen LogP contribution in [0.1, 0.15) is 15.1 Å². The van der Waals surface area contributed by atoms with Gasteiger partial charge in [-0.3, -0.25) is 0 Å². The molecule has 11 rings (SSSR count). The van der Waals surface area contributed by atoms with Crippen molar-refractivity contribution < 1.29 is 19.5 Å². The molecule has 5 heteroatoms. The molecule has 0 aliphatic heterocycles. The number of nitrogens with zero attached hydrogens (tertiary/aromatic N) is 3. The number of benzene rings is 8. The number of thiophene rings is 1. The van der Waals surface area contributed by atoms with Crippen LogP contribution in [0, 0.1) is 0 Å². The molecule has 4 nitrogen and oxygen atoms in total. The third kappa shape index (κ3) is 5.48. The van der Waals surface area contributed by atoms with Crippen molar-refractivity contribution in [2.24, 2.45) is 0 Å². The summed E-state index contributed by atoms with van der Waals surface area (Å²) in [6.07, 6.45) is 0. The molecule has 8 aromatic carbocycles. The Morgan fingerprint density at radius 3 is 1.77 bits per heavy atom. The van der Waals surface area contributed by atoms with E-state index in [1.54, 1.807) is 11.3 Å². The van der Waals surface area contributed by atoms with E-state index >= 15 is 0 Å². The standard InChI is InChI=1S/C51H31N3OS/c1-4-13-32(14-5-1)33-25-27-36(28-26-33)49-52-50(37-29-30-42-45(31-37)55-44-24-12-19-38(46(42)44)34-15-6-2-7-16-34)54-51(53-49)43-23-11-22-41-40-21-10-20-39(47(40)56-48(41)43)35-17-8-3-9-18-35/h1-31H/i2D,6D,7D,12D,15D,16D,19D,24D,29D,30D,31D. The first-order valence-electron chi connectivity index (χ1n) is 23.3. The highest BCUT2D eigenvalue weighted by Gasteiger charge is 2.20. The topological polar surface area (TPSA) is 51.8 Å². The predicted octanol–water partition coefficient (Wildman–Crippen LogP) is 14.1. The van der Waals surface area contributed by atoms with Gasteiger partial charge in [0.05, 0.1) is 15.1 Å². The summed E-state index contributed by atoms with van der Waals surface area (Å²) in [5.74, 6) is 0.364. The minimum atomic E-state index is -0.687. The summed E-state index contributed by atoms with van der Waals surface area (Å²) in [6.45, 7) is 0. The van der Waals surface area contributed by atoms with Gasteiger partial charge in [-0.25, -0.2) is 15.0 Å². The van der Waals surface area contributed by atoms with E-state index in [2.05, 4.69) is 24.3 Å². The maximum Gasteiger partial charge on any atom is 0.165 e. The quantitative estimate of drug-likeness (QED) is 0.170. The second-order valence-corrected chi connectivity index (χ2v) is 14.1. The minimum absolute atomic E-state index is 0.111. The second-order valence-electron chi connectivity index (χ2n) is 13.1. The van der Waals surface area contributed by atoms with E-state index in [4.69, 9.17) is 30.3 Å². The summed E-state index contributed by atoms with van der Waals surface area (Å²) in [5.41, 5.74) is 3.78. The Hall–Kier alpha value is -7.21. The van der Waals surface area contributed by atoms with Crippen molar-refractivity contribution in [3.63, 3.8) is 0 Å².